The molecule has 3 rings (SSSR count). The number of rotatable bonds is 3. The maximum absolute atomic E-state index is 11.7. The van der Waals surface area contributed by atoms with Gasteiger partial charge in [0, 0.05) is 17.5 Å². The van der Waals surface area contributed by atoms with Crippen molar-refractivity contribution in [3.05, 3.63) is 59.2 Å². The summed E-state index contributed by atoms with van der Waals surface area (Å²) in [6, 6.07) is 12.8. The molecule has 110 valence electrons. The molecule has 0 spiro atoms. The third kappa shape index (κ3) is 2.54. The minimum absolute atomic E-state index is 0.343. The van der Waals surface area contributed by atoms with Gasteiger partial charge in [-0.15, -0.1) is 0 Å². The lowest BCUT2D eigenvalue weighted by Gasteiger charge is -2.03. The number of aromatic amines is 1. The van der Waals surface area contributed by atoms with Gasteiger partial charge in [-0.1, -0.05) is 41.9 Å². The zero-order valence-corrected chi connectivity index (χ0v) is 12.3. The number of hydrogen-bond donors (Lipinski definition) is 3. The number of primary amides is 1. The molecule has 0 aliphatic heterocycles. The minimum Gasteiger partial charge on any atom is -0.384 e. The summed E-state index contributed by atoms with van der Waals surface area (Å²) in [5.41, 5.74) is 14.4. The highest BCUT2D eigenvalue weighted by atomic mass is 35.5. The standard InChI is InChI=1S/C16H13ClN4O/c17-12-8-20-14(18)7-10(12)13-6-11(16(19)22)15(21-13)9-4-2-1-3-5-9/h1-8,21H,(H2,18,20)(H2,19,22). The van der Waals surface area contributed by atoms with Crippen molar-refractivity contribution in [3.8, 4) is 22.5 Å². The molecule has 5 nitrogen and oxygen atoms in total. The van der Waals surface area contributed by atoms with Crippen LogP contribution in [0.3, 0.4) is 0 Å². The zero-order valence-electron chi connectivity index (χ0n) is 11.5. The number of anilines is 1. The molecule has 5 N–H and O–H groups in total. The summed E-state index contributed by atoms with van der Waals surface area (Å²) < 4.78 is 0. The zero-order chi connectivity index (χ0) is 15.7. The number of H-pyrrole nitrogens is 1. The molecular formula is C16H13ClN4O. The van der Waals surface area contributed by atoms with E-state index < -0.39 is 5.91 Å². The van der Waals surface area contributed by atoms with Crippen LogP contribution in [0, 0.1) is 0 Å². The van der Waals surface area contributed by atoms with Gasteiger partial charge in [0.05, 0.1) is 16.3 Å². The normalized spacial score (nSPS) is 10.6. The van der Waals surface area contributed by atoms with Crippen LogP contribution in [0.2, 0.25) is 5.02 Å². The summed E-state index contributed by atoms with van der Waals surface area (Å²) in [4.78, 5) is 18.8. The van der Waals surface area contributed by atoms with E-state index in [9.17, 15) is 4.79 Å². The van der Waals surface area contributed by atoms with Crippen LogP contribution in [-0.2, 0) is 0 Å². The van der Waals surface area contributed by atoms with Crippen molar-refractivity contribution in [1.29, 1.82) is 0 Å². The van der Waals surface area contributed by atoms with E-state index in [4.69, 9.17) is 23.1 Å². The third-order valence-corrected chi connectivity index (χ3v) is 3.61. The fourth-order valence-corrected chi connectivity index (χ4v) is 2.49. The summed E-state index contributed by atoms with van der Waals surface area (Å²) in [5.74, 6) is -0.171. The number of pyridine rings is 1. The molecule has 1 aromatic carbocycles. The summed E-state index contributed by atoms with van der Waals surface area (Å²) in [6.45, 7) is 0. The highest BCUT2D eigenvalue weighted by Gasteiger charge is 2.17. The second kappa shape index (κ2) is 5.54. The molecule has 0 aliphatic rings. The molecule has 0 aliphatic carbocycles. The number of benzene rings is 1. The van der Waals surface area contributed by atoms with Crippen molar-refractivity contribution in [2.75, 3.05) is 5.73 Å². The summed E-state index contributed by atoms with van der Waals surface area (Å²) >= 11 is 6.16. The Labute approximate surface area is 131 Å². The Morgan fingerprint density at radius 2 is 1.91 bits per heavy atom. The molecule has 6 heteroatoms. The number of carbonyl (C=O) groups is 1. The highest BCUT2D eigenvalue weighted by molar-refractivity contribution is 6.33. The number of nitrogens with two attached hydrogens (primary N) is 2. The van der Waals surface area contributed by atoms with Gasteiger partial charge in [-0.2, -0.15) is 0 Å². The van der Waals surface area contributed by atoms with Crippen molar-refractivity contribution < 1.29 is 4.79 Å². The van der Waals surface area contributed by atoms with Gasteiger partial charge in [0.1, 0.15) is 5.82 Å². The van der Waals surface area contributed by atoms with Crippen LogP contribution >= 0.6 is 11.6 Å². The van der Waals surface area contributed by atoms with E-state index in [2.05, 4.69) is 9.97 Å². The van der Waals surface area contributed by atoms with Crippen molar-refractivity contribution in [3.63, 3.8) is 0 Å². The number of nitrogens with zero attached hydrogens (tertiary/aromatic N) is 1. The monoisotopic (exact) mass is 312 g/mol. The lowest BCUT2D eigenvalue weighted by Crippen LogP contribution is -2.10. The molecule has 22 heavy (non-hydrogen) atoms. The van der Waals surface area contributed by atoms with Crippen molar-refractivity contribution in [1.82, 2.24) is 9.97 Å². The van der Waals surface area contributed by atoms with Crippen molar-refractivity contribution in [2.24, 2.45) is 5.73 Å². The van der Waals surface area contributed by atoms with E-state index >= 15 is 0 Å². The summed E-state index contributed by atoms with van der Waals surface area (Å²) in [5, 5.41) is 0.436. The molecule has 0 fully saturated rings. The van der Waals surface area contributed by atoms with Crippen LogP contribution in [0.15, 0.2) is 48.7 Å². The second-order valence-corrected chi connectivity index (χ2v) is 5.20. The van der Waals surface area contributed by atoms with Gasteiger partial charge in [-0.25, -0.2) is 4.98 Å². The molecule has 0 bridgehead atoms. The lowest BCUT2D eigenvalue weighted by molar-refractivity contribution is 0.100. The Morgan fingerprint density at radius 3 is 2.59 bits per heavy atom. The largest absolute Gasteiger partial charge is 0.384 e. The number of aromatic nitrogens is 2. The van der Waals surface area contributed by atoms with Gasteiger partial charge in [-0.05, 0) is 17.7 Å². The van der Waals surface area contributed by atoms with Crippen LogP contribution in [0.5, 0.6) is 0 Å². The van der Waals surface area contributed by atoms with Crippen molar-refractivity contribution in [2.45, 2.75) is 0 Å². The molecule has 0 saturated carbocycles. The SMILES string of the molecule is NC(=O)c1cc(-c2cc(N)ncc2Cl)[nH]c1-c1ccccc1. The first-order valence-corrected chi connectivity index (χ1v) is 6.93. The fourth-order valence-electron chi connectivity index (χ4n) is 2.29. The van der Waals surface area contributed by atoms with E-state index in [0.717, 1.165) is 5.56 Å². The Morgan fingerprint density at radius 1 is 1.18 bits per heavy atom. The van der Waals surface area contributed by atoms with E-state index in [1.165, 1.54) is 6.20 Å². The predicted molar refractivity (Wildman–Crippen MR) is 87.4 cm³/mol. The smallest absolute Gasteiger partial charge is 0.250 e. The molecule has 0 radical (unpaired) electrons. The minimum atomic E-state index is -0.514. The third-order valence-electron chi connectivity index (χ3n) is 3.31. The molecule has 0 saturated heterocycles. The molecule has 3 aromatic rings. The van der Waals surface area contributed by atoms with Crippen LogP contribution in [0.25, 0.3) is 22.5 Å². The van der Waals surface area contributed by atoms with Crippen LogP contribution in [-0.4, -0.2) is 15.9 Å². The first kappa shape index (κ1) is 14.2. The number of hydrogen-bond acceptors (Lipinski definition) is 3. The van der Waals surface area contributed by atoms with Crippen molar-refractivity contribution >= 4 is 23.3 Å². The van der Waals surface area contributed by atoms with Gasteiger partial charge >= 0.3 is 0 Å². The van der Waals surface area contributed by atoms with Gasteiger partial charge in [0.25, 0.3) is 5.91 Å². The highest BCUT2D eigenvalue weighted by Crippen LogP contribution is 2.32. The van der Waals surface area contributed by atoms with E-state index in [1.807, 2.05) is 30.3 Å². The Bertz CT molecular complexity index is 843. The number of carbonyl (C=O) groups excluding carboxylic acids is 1. The summed E-state index contributed by atoms with van der Waals surface area (Å²) in [7, 11) is 0. The maximum Gasteiger partial charge on any atom is 0.250 e. The van der Waals surface area contributed by atoms with E-state index in [-0.39, 0.29) is 0 Å². The maximum atomic E-state index is 11.7. The lowest BCUT2D eigenvalue weighted by atomic mass is 10.1. The number of amides is 1. The molecule has 0 unspecified atom stereocenters. The van der Waals surface area contributed by atoms with Gasteiger partial charge < -0.3 is 16.5 Å². The second-order valence-electron chi connectivity index (χ2n) is 4.79. The van der Waals surface area contributed by atoms with E-state index in [1.54, 1.807) is 12.1 Å². The molecule has 1 amide bonds. The first-order valence-electron chi connectivity index (χ1n) is 6.56. The van der Waals surface area contributed by atoms with Gasteiger partial charge in [0.2, 0.25) is 0 Å². The van der Waals surface area contributed by atoms with Gasteiger partial charge in [0.15, 0.2) is 0 Å². The average Bonchev–Trinajstić information content (AvgIpc) is 2.96. The molecular weight excluding hydrogens is 300 g/mol. The Balaban J connectivity index is 2.19. The van der Waals surface area contributed by atoms with E-state index in [0.29, 0.717) is 33.4 Å². The van der Waals surface area contributed by atoms with Crippen LogP contribution in [0.1, 0.15) is 10.4 Å². The number of nitrogens with one attached hydrogen (secondary N) is 1. The van der Waals surface area contributed by atoms with Crippen LogP contribution < -0.4 is 11.5 Å². The Hall–Kier alpha value is -2.79. The Kier molecular flexibility index (Phi) is 3.56. The fraction of sp³-hybridized carbons (Fsp3) is 0. The number of halogens is 1. The van der Waals surface area contributed by atoms with Gasteiger partial charge in [-0.3, -0.25) is 4.79 Å². The molecule has 2 heterocycles. The average molecular weight is 313 g/mol. The quantitative estimate of drug-likeness (QED) is 0.693. The molecule has 2 aromatic heterocycles. The van der Waals surface area contributed by atoms with Crippen LogP contribution in [0.4, 0.5) is 5.82 Å². The molecule has 0 atom stereocenters. The number of nitrogen functional groups attached to an aromatic ring is 1. The first-order chi connectivity index (χ1) is 10.6. The predicted octanol–water partition coefficient (Wildman–Crippen LogP) is 3.08. The topological polar surface area (TPSA) is 97.8 Å². The summed E-state index contributed by atoms with van der Waals surface area (Å²) in [6.07, 6.45) is 1.47.